The number of carbonyl (C=O) groups excluding carboxylic acids is 1. The molecule has 0 amide bonds. The Hall–Kier alpha value is -1.31. The van der Waals surface area contributed by atoms with Gasteiger partial charge in [-0.25, -0.2) is 0 Å². The molecule has 1 aromatic carbocycles. The van der Waals surface area contributed by atoms with E-state index in [1.54, 1.807) is 0 Å². The van der Waals surface area contributed by atoms with E-state index >= 15 is 0 Å². The first-order valence-electron chi connectivity index (χ1n) is 4.90. The first-order chi connectivity index (χ1) is 6.74. The molecule has 76 valence electrons. The van der Waals surface area contributed by atoms with E-state index in [0.29, 0.717) is 18.9 Å². The van der Waals surface area contributed by atoms with Gasteiger partial charge in [-0.2, -0.15) is 0 Å². The second-order valence-corrected chi connectivity index (χ2v) is 3.53. The number of ether oxygens (including phenoxy) is 1. The lowest BCUT2D eigenvalue weighted by Crippen LogP contribution is -1.98. The van der Waals surface area contributed by atoms with E-state index in [-0.39, 0.29) is 0 Å². The highest BCUT2D eigenvalue weighted by atomic mass is 16.5. The molecule has 14 heavy (non-hydrogen) atoms. The number of benzene rings is 1. The van der Waals surface area contributed by atoms with Gasteiger partial charge in [-0.1, -0.05) is 26.0 Å². The van der Waals surface area contributed by atoms with Crippen LogP contribution in [0, 0.1) is 0 Å². The van der Waals surface area contributed by atoms with E-state index in [1.165, 1.54) is 5.56 Å². The van der Waals surface area contributed by atoms with Gasteiger partial charge >= 0.3 is 0 Å². The average Bonchev–Trinajstić information content (AvgIpc) is 2.19. The maximum absolute atomic E-state index is 10.1. The summed E-state index contributed by atoms with van der Waals surface area (Å²) in [6.45, 7) is 4.75. The average molecular weight is 192 g/mol. The molecule has 2 nitrogen and oxygen atoms in total. The van der Waals surface area contributed by atoms with E-state index in [2.05, 4.69) is 19.9 Å². The standard InChI is InChI=1S/C12H16O2/c1-10(2)11-5-3-6-12(9-11)14-8-4-7-13/h3,5-7,9-10H,4,8H2,1-2H3. The van der Waals surface area contributed by atoms with Crippen LogP contribution in [0.4, 0.5) is 0 Å². The Morgan fingerprint density at radius 3 is 2.86 bits per heavy atom. The Labute approximate surface area is 84.9 Å². The summed E-state index contributed by atoms with van der Waals surface area (Å²) in [5.74, 6) is 1.35. The highest BCUT2D eigenvalue weighted by Crippen LogP contribution is 2.19. The molecule has 0 unspecified atom stereocenters. The first kappa shape index (κ1) is 10.8. The van der Waals surface area contributed by atoms with Crippen LogP contribution in [0.1, 0.15) is 31.7 Å². The summed E-state index contributed by atoms with van der Waals surface area (Å²) in [6, 6.07) is 8.00. The van der Waals surface area contributed by atoms with Crippen LogP contribution in [-0.4, -0.2) is 12.9 Å². The van der Waals surface area contributed by atoms with Gasteiger partial charge < -0.3 is 9.53 Å². The molecule has 0 saturated heterocycles. The molecule has 0 radical (unpaired) electrons. The normalized spacial score (nSPS) is 10.2. The lowest BCUT2D eigenvalue weighted by atomic mass is 10.0. The van der Waals surface area contributed by atoms with Crippen molar-refractivity contribution < 1.29 is 9.53 Å². The molecule has 0 heterocycles. The van der Waals surface area contributed by atoms with Gasteiger partial charge in [0.2, 0.25) is 0 Å². The van der Waals surface area contributed by atoms with Gasteiger partial charge in [0.1, 0.15) is 12.0 Å². The lowest BCUT2D eigenvalue weighted by molar-refractivity contribution is -0.108. The van der Waals surface area contributed by atoms with Gasteiger partial charge in [0.15, 0.2) is 0 Å². The fraction of sp³-hybridized carbons (Fsp3) is 0.417. The topological polar surface area (TPSA) is 26.3 Å². The number of rotatable bonds is 5. The Bertz CT molecular complexity index is 292. The van der Waals surface area contributed by atoms with Crippen LogP contribution in [-0.2, 0) is 4.79 Å². The van der Waals surface area contributed by atoms with Crippen LogP contribution in [0.2, 0.25) is 0 Å². The van der Waals surface area contributed by atoms with Gasteiger partial charge in [-0.3, -0.25) is 0 Å². The van der Waals surface area contributed by atoms with Crippen molar-refractivity contribution >= 4 is 6.29 Å². The highest BCUT2D eigenvalue weighted by molar-refractivity contribution is 5.49. The molecule has 0 aliphatic rings. The third-order valence-corrected chi connectivity index (χ3v) is 2.03. The first-order valence-corrected chi connectivity index (χ1v) is 4.90. The minimum absolute atomic E-state index is 0.450. The second-order valence-electron chi connectivity index (χ2n) is 3.53. The fourth-order valence-electron chi connectivity index (χ4n) is 1.19. The molecular formula is C12H16O2. The Balaban J connectivity index is 2.59. The van der Waals surface area contributed by atoms with Crippen LogP contribution >= 0.6 is 0 Å². The quantitative estimate of drug-likeness (QED) is 0.529. The number of carbonyl (C=O) groups is 1. The maximum atomic E-state index is 10.1. The zero-order valence-corrected chi connectivity index (χ0v) is 8.69. The molecule has 0 bridgehead atoms. The lowest BCUT2D eigenvalue weighted by Gasteiger charge is -2.08. The molecule has 0 aliphatic heterocycles. The summed E-state index contributed by atoms with van der Waals surface area (Å²) >= 11 is 0. The SMILES string of the molecule is CC(C)c1cccc(OCCC=O)c1. The van der Waals surface area contributed by atoms with Gasteiger partial charge in [0.25, 0.3) is 0 Å². The van der Waals surface area contributed by atoms with Crippen molar-refractivity contribution in [2.75, 3.05) is 6.61 Å². The van der Waals surface area contributed by atoms with Crippen molar-refractivity contribution in [3.63, 3.8) is 0 Å². The summed E-state index contributed by atoms with van der Waals surface area (Å²) in [5, 5.41) is 0. The van der Waals surface area contributed by atoms with Crippen molar-refractivity contribution in [1.29, 1.82) is 0 Å². The maximum Gasteiger partial charge on any atom is 0.123 e. The van der Waals surface area contributed by atoms with Gasteiger partial charge in [-0.05, 0) is 23.6 Å². The molecule has 0 atom stereocenters. The second kappa shape index (κ2) is 5.43. The van der Waals surface area contributed by atoms with Crippen molar-refractivity contribution in [1.82, 2.24) is 0 Å². The summed E-state index contributed by atoms with van der Waals surface area (Å²) in [6.07, 6.45) is 1.32. The summed E-state index contributed by atoms with van der Waals surface area (Å²) in [7, 11) is 0. The fourth-order valence-corrected chi connectivity index (χ4v) is 1.19. The van der Waals surface area contributed by atoms with Gasteiger partial charge in [-0.15, -0.1) is 0 Å². The molecule has 0 fully saturated rings. The molecule has 2 heteroatoms. The smallest absolute Gasteiger partial charge is 0.123 e. The van der Waals surface area contributed by atoms with Crippen LogP contribution in [0.3, 0.4) is 0 Å². The van der Waals surface area contributed by atoms with Crippen LogP contribution < -0.4 is 4.74 Å². The van der Waals surface area contributed by atoms with E-state index in [0.717, 1.165) is 12.0 Å². The van der Waals surface area contributed by atoms with Crippen LogP contribution in [0.5, 0.6) is 5.75 Å². The van der Waals surface area contributed by atoms with Crippen molar-refractivity contribution in [2.45, 2.75) is 26.2 Å². The summed E-state index contributed by atoms with van der Waals surface area (Å²) < 4.78 is 5.41. The van der Waals surface area contributed by atoms with E-state index < -0.39 is 0 Å². The number of hydrogen-bond acceptors (Lipinski definition) is 2. The largest absolute Gasteiger partial charge is 0.493 e. The number of aldehydes is 1. The minimum atomic E-state index is 0.450. The Morgan fingerprint density at radius 2 is 2.21 bits per heavy atom. The van der Waals surface area contributed by atoms with E-state index in [1.807, 2.05) is 18.2 Å². The monoisotopic (exact) mass is 192 g/mol. The summed E-state index contributed by atoms with van der Waals surface area (Å²) in [4.78, 5) is 10.1. The Morgan fingerprint density at radius 1 is 1.43 bits per heavy atom. The van der Waals surface area contributed by atoms with Crippen LogP contribution in [0.15, 0.2) is 24.3 Å². The number of hydrogen-bond donors (Lipinski definition) is 0. The molecule has 0 spiro atoms. The zero-order chi connectivity index (χ0) is 10.4. The van der Waals surface area contributed by atoms with Crippen molar-refractivity contribution in [3.8, 4) is 5.75 Å². The van der Waals surface area contributed by atoms with E-state index in [4.69, 9.17) is 4.74 Å². The third kappa shape index (κ3) is 3.21. The Kier molecular flexibility index (Phi) is 4.17. The van der Waals surface area contributed by atoms with Crippen molar-refractivity contribution in [3.05, 3.63) is 29.8 Å². The van der Waals surface area contributed by atoms with Crippen LogP contribution in [0.25, 0.3) is 0 Å². The van der Waals surface area contributed by atoms with E-state index in [9.17, 15) is 4.79 Å². The molecule has 0 N–H and O–H groups in total. The predicted molar refractivity (Wildman–Crippen MR) is 56.7 cm³/mol. The van der Waals surface area contributed by atoms with Gasteiger partial charge in [0.05, 0.1) is 6.61 Å². The highest BCUT2D eigenvalue weighted by Gasteiger charge is 2.00. The third-order valence-electron chi connectivity index (χ3n) is 2.03. The molecule has 1 aromatic rings. The summed E-state index contributed by atoms with van der Waals surface area (Å²) in [5.41, 5.74) is 1.26. The molecular weight excluding hydrogens is 176 g/mol. The molecule has 1 rings (SSSR count). The van der Waals surface area contributed by atoms with Crippen molar-refractivity contribution in [2.24, 2.45) is 0 Å². The van der Waals surface area contributed by atoms with Gasteiger partial charge in [0, 0.05) is 6.42 Å². The zero-order valence-electron chi connectivity index (χ0n) is 8.69. The molecule has 0 saturated carbocycles. The molecule has 0 aliphatic carbocycles. The predicted octanol–water partition coefficient (Wildman–Crippen LogP) is 2.78. The minimum Gasteiger partial charge on any atom is -0.493 e. The molecule has 0 aromatic heterocycles.